The van der Waals surface area contributed by atoms with E-state index in [9.17, 15) is 14.4 Å². The maximum Gasteiger partial charge on any atom is 0.337 e. The molecule has 0 aromatic heterocycles. The molecule has 1 aliphatic heterocycles. The van der Waals surface area contributed by atoms with Crippen molar-refractivity contribution < 1.29 is 19.1 Å². The number of ether oxygens (including phenoxy) is 1. The van der Waals surface area contributed by atoms with E-state index in [1.807, 2.05) is 80.6 Å². The summed E-state index contributed by atoms with van der Waals surface area (Å²) in [6, 6.07) is 22.0. The van der Waals surface area contributed by atoms with Gasteiger partial charge in [-0.3, -0.25) is 19.5 Å². The Labute approximate surface area is 235 Å². The van der Waals surface area contributed by atoms with Gasteiger partial charge in [0.2, 0.25) is 11.8 Å². The van der Waals surface area contributed by atoms with Gasteiger partial charge < -0.3 is 19.9 Å². The molecule has 9 nitrogen and oxygen atoms in total. The monoisotopic (exact) mass is 541 g/mol. The minimum Gasteiger partial charge on any atom is -0.465 e. The van der Waals surface area contributed by atoms with Crippen LogP contribution in [-0.2, 0) is 14.3 Å². The predicted octanol–water partition coefficient (Wildman–Crippen LogP) is 3.79. The number of likely N-dealkylation sites (N-methyl/N-ethyl adjacent to an activating group) is 3. The van der Waals surface area contributed by atoms with Crippen LogP contribution in [0.2, 0.25) is 0 Å². The van der Waals surface area contributed by atoms with Crippen LogP contribution in [0.5, 0.6) is 0 Å². The summed E-state index contributed by atoms with van der Waals surface area (Å²) in [5, 5.41) is 2.89. The number of anilines is 2. The average molecular weight is 542 g/mol. The minimum absolute atomic E-state index is 0.00644. The molecule has 3 aromatic carbocycles. The molecule has 9 heteroatoms. The summed E-state index contributed by atoms with van der Waals surface area (Å²) in [7, 11) is 9.03. The minimum atomic E-state index is -0.661. The van der Waals surface area contributed by atoms with Crippen LogP contribution in [0.25, 0.3) is 0 Å². The number of nitrogens with one attached hydrogen (secondary N) is 1. The van der Waals surface area contributed by atoms with Crippen LogP contribution in [0, 0.1) is 0 Å². The van der Waals surface area contributed by atoms with Crippen LogP contribution < -0.4 is 10.2 Å². The van der Waals surface area contributed by atoms with Crippen molar-refractivity contribution in [2.24, 2.45) is 4.99 Å². The molecular weight excluding hydrogens is 506 g/mol. The van der Waals surface area contributed by atoms with Gasteiger partial charge in [-0.2, -0.15) is 0 Å². The van der Waals surface area contributed by atoms with Crippen molar-refractivity contribution in [2.75, 3.05) is 65.2 Å². The van der Waals surface area contributed by atoms with E-state index < -0.39 is 11.9 Å². The Morgan fingerprint density at radius 2 is 1.60 bits per heavy atom. The van der Waals surface area contributed by atoms with Crippen LogP contribution in [0.3, 0.4) is 0 Å². The second kappa shape index (κ2) is 12.7. The molecule has 4 rings (SSSR count). The first-order chi connectivity index (χ1) is 19.2. The smallest absolute Gasteiger partial charge is 0.337 e. The van der Waals surface area contributed by atoms with Crippen molar-refractivity contribution in [2.45, 2.75) is 5.92 Å². The summed E-state index contributed by atoms with van der Waals surface area (Å²) in [4.78, 5) is 48.7. The molecule has 1 N–H and O–H groups in total. The number of rotatable bonds is 10. The molecular formula is C31H35N5O4. The third kappa shape index (κ3) is 6.62. The highest BCUT2D eigenvalue weighted by Crippen LogP contribution is 2.37. The highest BCUT2D eigenvalue weighted by molar-refractivity contribution is 6.24. The maximum atomic E-state index is 13.2. The number of fused-ring (bicyclic) bond motifs is 1. The fourth-order valence-corrected chi connectivity index (χ4v) is 4.50. The molecule has 0 saturated carbocycles. The molecule has 1 atom stereocenters. The van der Waals surface area contributed by atoms with E-state index in [-0.39, 0.29) is 11.8 Å². The van der Waals surface area contributed by atoms with E-state index in [4.69, 9.17) is 9.73 Å². The van der Waals surface area contributed by atoms with Gasteiger partial charge in [0, 0.05) is 31.5 Å². The Bertz CT molecular complexity index is 1400. The Morgan fingerprint density at radius 3 is 2.25 bits per heavy atom. The summed E-state index contributed by atoms with van der Waals surface area (Å²) in [5.41, 5.74) is 4.46. The topological polar surface area (TPSA) is 94.5 Å². The molecule has 0 fully saturated rings. The van der Waals surface area contributed by atoms with Gasteiger partial charge in [0.1, 0.15) is 5.92 Å². The number of aliphatic imine (C=N–C) groups is 1. The van der Waals surface area contributed by atoms with Crippen molar-refractivity contribution >= 4 is 40.6 Å². The molecule has 1 heterocycles. The number of hydrogen-bond donors (Lipinski definition) is 1. The van der Waals surface area contributed by atoms with Gasteiger partial charge in [0.05, 0.1) is 30.6 Å². The zero-order valence-corrected chi connectivity index (χ0v) is 23.5. The largest absolute Gasteiger partial charge is 0.465 e. The summed E-state index contributed by atoms with van der Waals surface area (Å²) in [6.07, 6.45) is 0. The number of hydrogen-bond acceptors (Lipinski definition) is 7. The Morgan fingerprint density at radius 1 is 0.900 bits per heavy atom. The number of methoxy groups -OCH3 is 1. The van der Waals surface area contributed by atoms with Crippen molar-refractivity contribution in [1.82, 2.24) is 9.80 Å². The molecule has 1 aliphatic rings. The molecule has 3 aromatic rings. The first kappa shape index (κ1) is 28.7. The van der Waals surface area contributed by atoms with Gasteiger partial charge in [-0.25, -0.2) is 4.79 Å². The molecule has 1 unspecified atom stereocenters. The lowest BCUT2D eigenvalue weighted by atomic mass is 9.90. The maximum absolute atomic E-state index is 13.2. The number of nitrogens with zero attached hydrogens (tertiary/aromatic N) is 4. The average Bonchev–Trinajstić information content (AvgIpc) is 3.29. The van der Waals surface area contributed by atoms with Gasteiger partial charge in [-0.1, -0.05) is 36.4 Å². The van der Waals surface area contributed by atoms with E-state index >= 15 is 0 Å². The Kier molecular flexibility index (Phi) is 9.08. The predicted molar refractivity (Wildman–Crippen MR) is 158 cm³/mol. The van der Waals surface area contributed by atoms with Gasteiger partial charge in [-0.05, 0) is 68.7 Å². The normalized spacial score (nSPS) is 14.7. The standard InChI is InChI=1S/C31H35N5O4/c1-34(2)17-18-35(3)20-27(37)36(4)24-14-12-23(13-15-24)32-29(21-9-7-6-8-10-21)28-25-16-11-22(31(39)40-5)19-26(25)33-30(28)38/h6-16,19,28H,17-18,20H2,1-5H3,(H,33,38). The highest BCUT2D eigenvalue weighted by atomic mass is 16.5. The van der Waals surface area contributed by atoms with Crippen LogP contribution >= 0.6 is 0 Å². The van der Waals surface area contributed by atoms with Crippen molar-refractivity contribution in [3.63, 3.8) is 0 Å². The molecule has 0 radical (unpaired) electrons. The van der Waals surface area contributed by atoms with Gasteiger partial charge in [0.15, 0.2) is 0 Å². The molecule has 40 heavy (non-hydrogen) atoms. The molecule has 0 saturated heterocycles. The number of carbonyl (C=O) groups excluding carboxylic acids is 3. The van der Waals surface area contributed by atoms with Crippen molar-refractivity contribution in [3.05, 3.63) is 89.5 Å². The number of carbonyl (C=O) groups is 3. The van der Waals surface area contributed by atoms with Crippen LogP contribution in [0.4, 0.5) is 17.1 Å². The summed E-state index contributed by atoms with van der Waals surface area (Å²) < 4.78 is 4.82. The molecule has 2 amide bonds. The molecule has 0 aliphatic carbocycles. The first-order valence-corrected chi connectivity index (χ1v) is 13.0. The lowest BCUT2D eigenvalue weighted by molar-refractivity contribution is -0.119. The van der Waals surface area contributed by atoms with Gasteiger partial charge in [0.25, 0.3) is 0 Å². The van der Waals surface area contributed by atoms with Crippen LogP contribution in [0.15, 0.2) is 77.8 Å². The van der Waals surface area contributed by atoms with E-state index in [0.29, 0.717) is 29.2 Å². The zero-order valence-electron chi connectivity index (χ0n) is 23.5. The number of amides is 2. The van der Waals surface area contributed by atoms with Gasteiger partial charge in [-0.15, -0.1) is 0 Å². The van der Waals surface area contributed by atoms with Crippen molar-refractivity contribution in [3.8, 4) is 0 Å². The number of esters is 1. The summed E-state index contributed by atoms with van der Waals surface area (Å²) in [6.45, 7) is 1.99. The SMILES string of the molecule is COC(=O)c1ccc2c(c1)NC(=O)C2C(=Nc1ccc(N(C)C(=O)CN(C)CCN(C)C)cc1)c1ccccc1. The molecule has 0 spiro atoms. The third-order valence-electron chi connectivity index (χ3n) is 6.84. The van der Waals surface area contributed by atoms with E-state index in [0.717, 1.165) is 29.9 Å². The fraction of sp³-hybridized carbons (Fsp3) is 0.290. The number of benzene rings is 3. The van der Waals surface area contributed by atoms with Gasteiger partial charge >= 0.3 is 5.97 Å². The van der Waals surface area contributed by atoms with Crippen molar-refractivity contribution in [1.29, 1.82) is 0 Å². The van der Waals surface area contributed by atoms with E-state index in [1.54, 1.807) is 30.1 Å². The second-order valence-electron chi connectivity index (χ2n) is 10.1. The fourth-order valence-electron chi connectivity index (χ4n) is 4.50. The lowest BCUT2D eigenvalue weighted by Crippen LogP contribution is -2.39. The molecule has 208 valence electrons. The molecule has 0 bridgehead atoms. The Balaban J connectivity index is 1.60. The third-order valence-corrected chi connectivity index (χ3v) is 6.84. The van der Waals surface area contributed by atoms with Crippen LogP contribution in [-0.4, -0.2) is 88.2 Å². The first-order valence-electron chi connectivity index (χ1n) is 13.0. The second-order valence-corrected chi connectivity index (χ2v) is 10.1. The summed E-state index contributed by atoms with van der Waals surface area (Å²) >= 11 is 0. The van der Waals surface area contributed by atoms with E-state index in [1.165, 1.54) is 7.11 Å². The van der Waals surface area contributed by atoms with Crippen LogP contribution in [0.1, 0.15) is 27.4 Å². The quantitative estimate of drug-likeness (QED) is 0.310. The highest BCUT2D eigenvalue weighted by Gasteiger charge is 2.36. The Hall–Kier alpha value is -4.34. The van der Waals surface area contributed by atoms with E-state index in [2.05, 4.69) is 10.2 Å². The summed E-state index contributed by atoms with van der Waals surface area (Å²) in [5.74, 6) is -1.36. The lowest BCUT2D eigenvalue weighted by Gasteiger charge is -2.23. The zero-order chi connectivity index (χ0) is 28.8.